The predicted octanol–water partition coefficient (Wildman–Crippen LogP) is -0.459. The molecule has 0 aliphatic carbocycles. The summed E-state index contributed by atoms with van der Waals surface area (Å²) in [6.45, 7) is 0. The van der Waals surface area contributed by atoms with Crippen LogP contribution in [-0.4, -0.2) is 15.2 Å². The van der Waals surface area contributed by atoms with E-state index in [0.29, 0.717) is 0 Å². The molecule has 10 heavy (non-hydrogen) atoms. The number of rotatable bonds is 0. The number of hydrogen-bond donors (Lipinski definition) is 1. The van der Waals surface area contributed by atoms with Crippen molar-refractivity contribution in [2.45, 2.75) is 6.42 Å². The second-order valence-electron chi connectivity index (χ2n) is 2.09. The molecule has 1 aromatic heterocycles. The number of hydrogen-bond acceptors (Lipinski definition) is 2. The van der Waals surface area contributed by atoms with Gasteiger partial charge in [-0.1, -0.05) is 18.3 Å². The first-order chi connectivity index (χ1) is 4.86. The Kier molecular flexibility index (Phi) is 1.14. The molecular formula is C6H5N3S. The highest BCUT2D eigenvalue weighted by Gasteiger charge is 1.98. The fraction of sp³-hybridized carbons (Fsp3) is 0.167. The van der Waals surface area contributed by atoms with Gasteiger partial charge in [0.2, 0.25) is 0 Å². The van der Waals surface area contributed by atoms with Crippen molar-refractivity contribution in [3.05, 3.63) is 16.9 Å². The topological polar surface area (TPSA) is 41.0 Å². The molecule has 1 aliphatic rings. The highest BCUT2D eigenvalue weighted by molar-refractivity contribution is 7.80. The van der Waals surface area contributed by atoms with Gasteiger partial charge in [-0.15, -0.1) is 0 Å². The van der Waals surface area contributed by atoms with E-state index in [1.54, 1.807) is 6.20 Å². The molecule has 2 heterocycles. The van der Waals surface area contributed by atoms with Gasteiger partial charge in [-0.2, -0.15) is 5.10 Å². The fourth-order valence-electron chi connectivity index (χ4n) is 0.895. The van der Waals surface area contributed by atoms with Crippen molar-refractivity contribution in [2.24, 2.45) is 4.99 Å². The average Bonchev–Trinajstić information content (AvgIpc) is 2.33. The number of nitrogens with one attached hydrogen (secondary N) is 1. The predicted molar refractivity (Wildman–Crippen MR) is 41.0 cm³/mol. The molecule has 1 aromatic rings. The first kappa shape index (κ1) is 5.73. The SMILES string of the molecule is S=C1CC=c2cn[nH]c2=N1. The van der Waals surface area contributed by atoms with E-state index in [1.165, 1.54) is 0 Å². The number of fused-ring (bicyclic) bond motifs is 1. The second-order valence-corrected chi connectivity index (χ2v) is 2.56. The number of aromatic amines is 1. The molecular weight excluding hydrogens is 146 g/mol. The minimum Gasteiger partial charge on any atom is -0.261 e. The van der Waals surface area contributed by atoms with Crippen molar-refractivity contribution in [1.29, 1.82) is 0 Å². The third-order valence-electron chi connectivity index (χ3n) is 1.38. The van der Waals surface area contributed by atoms with Gasteiger partial charge in [0.05, 0.1) is 6.20 Å². The van der Waals surface area contributed by atoms with E-state index in [2.05, 4.69) is 15.2 Å². The zero-order chi connectivity index (χ0) is 6.97. The van der Waals surface area contributed by atoms with Crippen molar-refractivity contribution in [1.82, 2.24) is 10.2 Å². The van der Waals surface area contributed by atoms with Gasteiger partial charge < -0.3 is 0 Å². The third kappa shape index (κ3) is 0.769. The molecule has 1 N–H and O–H groups in total. The van der Waals surface area contributed by atoms with Crippen LogP contribution >= 0.6 is 12.2 Å². The highest BCUT2D eigenvalue weighted by Crippen LogP contribution is 1.90. The molecule has 0 fully saturated rings. The normalized spacial score (nSPS) is 15.4. The Labute approximate surface area is 62.5 Å². The lowest BCUT2D eigenvalue weighted by molar-refractivity contribution is 1.03. The van der Waals surface area contributed by atoms with Gasteiger partial charge in [0.1, 0.15) is 4.99 Å². The summed E-state index contributed by atoms with van der Waals surface area (Å²) in [5.74, 6) is 0. The summed E-state index contributed by atoms with van der Waals surface area (Å²) < 4.78 is 0. The molecule has 0 aromatic carbocycles. The molecule has 50 valence electrons. The van der Waals surface area contributed by atoms with Crippen molar-refractivity contribution < 1.29 is 0 Å². The summed E-state index contributed by atoms with van der Waals surface area (Å²) in [5, 5.41) is 7.63. The first-order valence-corrected chi connectivity index (χ1v) is 3.38. The summed E-state index contributed by atoms with van der Waals surface area (Å²) in [7, 11) is 0. The molecule has 1 aliphatic heterocycles. The second kappa shape index (κ2) is 1.98. The van der Waals surface area contributed by atoms with Gasteiger partial charge in [0.15, 0.2) is 5.49 Å². The minimum absolute atomic E-state index is 0.719. The average molecular weight is 151 g/mol. The number of thiocarbonyl (C=S) groups is 1. The Morgan fingerprint density at radius 2 is 2.50 bits per heavy atom. The Morgan fingerprint density at radius 1 is 1.60 bits per heavy atom. The maximum absolute atomic E-state index is 4.90. The highest BCUT2D eigenvalue weighted by atomic mass is 32.1. The monoisotopic (exact) mass is 151 g/mol. The summed E-state index contributed by atoms with van der Waals surface area (Å²) in [6.07, 6.45) is 4.54. The summed E-state index contributed by atoms with van der Waals surface area (Å²) >= 11 is 4.90. The number of H-pyrrole nitrogens is 1. The van der Waals surface area contributed by atoms with E-state index < -0.39 is 0 Å². The first-order valence-electron chi connectivity index (χ1n) is 2.97. The summed E-state index contributed by atoms with van der Waals surface area (Å²) in [5.41, 5.74) is 0.788. The van der Waals surface area contributed by atoms with Crippen molar-refractivity contribution >= 4 is 23.3 Å². The summed E-state index contributed by atoms with van der Waals surface area (Å²) in [4.78, 5) is 4.81. The fourth-order valence-corrected chi connectivity index (χ4v) is 1.07. The molecule has 0 bridgehead atoms. The maximum Gasteiger partial charge on any atom is 0.156 e. The van der Waals surface area contributed by atoms with Crippen LogP contribution in [0.15, 0.2) is 11.2 Å². The van der Waals surface area contributed by atoms with Crippen LogP contribution in [-0.2, 0) is 0 Å². The van der Waals surface area contributed by atoms with Crippen molar-refractivity contribution in [3.63, 3.8) is 0 Å². The molecule has 0 spiro atoms. The van der Waals surface area contributed by atoms with Gasteiger partial charge in [-0.25, -0.2) is 4.99 Å². The van der Waals surface area contributed by atoms with E-state index in [1.807, 2.05) is 6.08 Å². The van der Waals surface area contributed by atoms with Crippen molar-refractivity contribution in [2.75, 3.05) is 0 Å². The molecule has 0 amide bonds. The van der Waals surface area contributed by atoms with E-state index in [9.17, 15) is 0 Å². The summed E-state index contributed by atoms with van der Waals surface area (Å²) in [6, 6.07) is 0. The van der Waals surface area contributed by atoms with Crippen LogP contribution in [0.3, 0.4) is 0 Å². The van der Waals surface area contributed by atoms with E-state index in [-0.39, 0.29) is 0 Å². The van der Waals surface area contributed by atoms with Crippen LogP contribution in [0, 0.1) is 0 Å². The van der Waals surface area contributed by atoms with E-state index in [0.717, 1.165) is 22.1 Å². The van der Waals surface area contributed by atoms with E-state index in [4.69, 9.17) is 12.2 Å². The lowest BCUT2D eigenvalue weighted by atomic mass is 10.3. The van der Waals surface area contributed by atoms with Crippen LogP contribution in [0.25, 0.3) is 6.08 Å². The molecule has 2 rings (SSSR count). The molecule has 3 nitrogen and oxygen atoms in total. The lowest BCUT2D eigenvalue weighted by Gasteiger charge is -1.92. The number of nitrogens with zero attached hydrogens (tertiary/aromatic N) is 2. The largest absolute Gasteiger partial charge is 0.261 e. The molecule has 0 saturated heterocycles. The molecule has 4 heteroatoms. The van der Waals surface area contributed by atoms with Crippen LogP contribution in [0.1, 0.15) is 6.42 Å². The molecule has 0 radical (unpaired) electrons. The van der Waals surface area contributed by atoms with Crippen LogP contribution < -0.4 is 10.7 Å². The standard InChI is InChI=1S/C6H5N3S/c10-5-2-1-4-3-7-9-6(4)8-5/h1,3H,2H2,(H,8,9,10). The van der Waals surface area contributed by atoms with Crippen molar-refractivity contribution in [3.8, 4) is 0 Å². The van der Waals surface area contributed by atoms with Gasteiger partial charge in [0, 0.05) is 11.6 Å². The zero-order valence-corrected chi connectivity index (χ0v) is 5.98. The maximum atomic E-state index is 4.90. The van der Waals surface area contributed by atoms with Crippen LogP contribution in [0.2, 0.25) is 0 Å². The van der Waals surface area contributed by atoms with Gasteiger partial charge in [-0.05, 0) is 0 Å². The van der Waals surface area contributed by atoms with Gasteiger partial charge in [0.25, 0.3) is 0 Å². The van der Waals surface area contributed by atoms with E-state index >= 15 is 0 Å². The Bertz CT molecular complexity index is 376. The Hall–Kier alpha value is -1.03. The quantitative estimate of drug-likeness (QED) is 0.510. The lowest BCUT2D eigenvalue weighted by Crippen LogP contribution is -2.27. The molecule has 0 saturated carbocycles. The Balaban J connectivity index is 2.85. The molecule has 0 unspecified atom stereocenters. The zero-order valence-electron chi connectivity index (χ0n) is 5.16. The van der Waals surface area contributed by atoms with Crippen LogP contribution in [0.5, 0.6) is 0 Å². The minimum atomic E-state index is 0.719. The Morgan fingerprint density at radius 3 is 3.40 bits per heavy atom. The number of aromatic nitrogens is 2. The van der Waals surface area contributed by atoms with Crippen LogP contribution in [0.4, 0.5) is 0 Å². The smallest absolute Gasteiger partial charge is 0.156 e. The molecule has 0 atom stereocenters. The van der Waals surface area contributed by atoms with Gasteiger partial charge >= 0.3 is 0 Å². The van der Waals surface area contributed by atoms with Gasteiger partial charge in [-0.3, -0.25) is 5.10 Å². The third-order valence-corrected chi connectivity index (χ3v) is 1.64.